The average Bonchev–Trinajstić information content (AvgIpc) is 3.60. The number of carbonyl (C=O) groups is 1. The van der Waals surface area contributed by atoms with E-state index in [0.717, 1.165) is 51.4 Å². The minimum Gasteiger partial charge on any atom is -0.464 e. The fourth-order valence-corrected chi connectivity index (χ4v) is 6.87. The van der Waals surface area contributed by atoms with E-state index in [2.05, 4.69) is 0 Å². The molecule has 5 heterocycles. The number of hydrogen-bond acceptors (Lipinski definition) is 9. The fraction of sp³-hybridized carbons (Fsp3) is 0.957. The SMILES string of the molecule is O=C1OC[C@@H]2CON([C@@H]3O[C@@H]([C@@H]4COC5(CCCCC5)O4)[C@H]4OC5(CCCCC5)O[C@H]43)[C@H]12. The molecule has 32 heavy (non-hydrogen) atoms. The van der Waals surface area contributed by atoms with Gasteiger partial charge in [-0.15, -0.1) is 5.06 Å². The summed E-state index contributed by atoms with van der Waals surface area (Å²) in [5, 5.41) is 1.69. The van der Waals surface area contributed by atoms with Crippen molar-refractivity contribution in [3.8, 4) is 0 Å². The third-order valence-electron chi connectivity index (χ3n) is 8.49. The van der Waals surface area contributed by atoms with E-state index in [9.17, 15) is 4.79 Å². The number of cyclic esters (lactones) is 1. The van der Waals surface area contributed by atoms with Crippen LogP contribution in [-0.4, -0.2) is 79.1 Å². The van der Waals surface area contributed by atoms with Crippen LogP contribution in [0.15, 0.2) is 0 Å². The summed E-state index contributed by atoms with van der Waals surface area (Å²) >= 11 is 0. The maximum atomic E-state index is 12.4. The van der Waals surface area contributed by atoms with E-state index in [1.54, 1.807) is 5.06 Å². The topological polar surface area (TPSA) is 84.9 Å². The minimum atomic E-state index is -0.564. The van der Waals surface area contributed by atoms with Crippen LogP contribution in [0.4, 0.5) is 0 Å². The Labute approximate surface area is 187 Å². The highest BCUT2D eigenvalue weighted by Crippen LogP contribution is 2.50. The minimum absolute atomic E-state index is 0.0335. The molecule has 0 bridgehead atoms. The molecule has 5 aliphatic heterocycles. The molecule has 7 rings (SSSR count). The van der Waals surface area contributed by atoms with Crippen LogP contribution in [0.1, 0.15) is 64.2 Å². The number of fused-ring (bicyclic) bond motifs is 2. The van der Waals surface area contributed by atoms with Gasteiger partial charge in [0.2, 0.25) is 0 Å². The van der Waals surface area contributed by atoms with Crippen LogP contribution >= 0.6 is 0 Å². The summed E-state index contributed by atoms with van der Waals surface area (Å²) in [5.41, 5.74) is 0. The van der Waals surface area contributed by atoms with Crippen molar-refractivity contribution in [1.82, 2.24) is 5.06 Å². The molecule has 7 atom stereocenters. The maximum absolute atomic E-state index is 12.4. The summed E-state index contributed by atoms with van der Waals surface area (Å²) in [4.78, 5) is 18.4. The Balaban J connectivity index is 1.16. The molecular formula is C23H33NO8. The number of esters is 1. The second-order valence-corrected chi connectivity index (χ2v) is 10.6. The van der Waals surface area contributed by atoms with Crippen LogP contribution in [0, 0.1) is 5.92 Å². The van der Waals surface area contributed by atoms with Crippen molar-refractivity contribution in [3.05, 3.63) is 0 Å². The van der Waals surface area contributed by atoms with E-state index in [4.69, 9.17) is 33.3 Å². The number of ether oxygens (including phenoxy) is 6. The molecule has 0 aromatic rings. The first-order valence-electron chi connectivity index (χ1n) is 12.6. The van der Waals surface area contributed by atoms with Crippen molar-refractivity contribution < 1.29 is 38.1 Å². The zero-order valence-corrected chi connectivity index (χ0v) is 18.4. The summed E-state index contributed by atoms with van der Waals surface area (Å²) in [6, 6.07) is -0.448. The first kappa shape index (κ1) is 20.6. The third-order valence-corrected chi connectivity index (χ3v) is 8.49. The van der Waals surface area contributed by atoms with Crippen LogP contribution in [0.3, 0.4) is 0 Å². The Morgan fingerprint density at radius 2 is 1.47 bits per heavy atom. The van der Waals surface area contributed by atoms with Crippen molar-refractivity contribution in [3.63, 3.8) is 0 Å². The summed E-state index contributed by atoms with van der Waals surface area (Å²) < 4.78 is 37.9. The summed E-state index contributed by atoms with van der Waals surface area (Å²) in [5.74, 6) is -1.26. The van der Waals surface area contributed by atoms with E-state index in [-0.39, 0.29) is 36.3 Å². The quantitative estimate of drug-likeness (QED) is 0.586. The van der Waals surface area contributed by atoms with E-state index in [0.29, 0.717) is 19.8 Å². The highest BCUT2D eigenvalue weighted by molar-refractivity contribution is 5.78. The molecule has 7 fully saturated rings. The van der Waals surface area contributed by atoms with Gasteiger partial charge in [-0.05, 0) is 25.7 Å². The smallest absolute Gasteiger partial charge is 0.326 e. The zero-order chi connectivity index (χ0) is 21.3. The molecule has 2 saturated carbocycles. The molecule has 9 heteroatoms. The largest absolute Gasteiger partial charge is 0.464 e. The molecule has 0 unspecified atom stereocenters. The Bertz CT molecular complexity index is 750. The lowest BCUT2D eigenvalue weighted by Gasteiger charge is -2.36. The van der Waals surface area contributed by atoms with E-state index in [1.165, 1.54) is 12.8 Å². The van der Waals surface area contributed by atoms with Gasteiger partial charge in [-0.1, -0.05) is 12.8 Å². The van der Waals surface area contributed by atoms with Crippen LogP contribution in [0.25, 0.3) is 0 Å². The Hall–Kier alpha value is -0.810. The maximum Gasteiger partial charge on any atom is 0.326 e. The molecule has 5 saturated heterocycles. The molecule has 7 aliphatic rings. The van der Waals surface area contributed by atoms with Crippen LogP contribution in [0.5, 0.6) is 0 Å². The lowest BCUT2D eigenvalue weighted by molar-refractivity contribution is -0.292. The Morgan fingerprint density at radius 1 is 0.750 bits per heavy atom. The lowest BCUT2D eigenvalue weighted by atomic mass is 9.94. The van der Waals surface area contributed by atoms with Crippen molar-refractivity contribution in [1.29, 1.82) is 0 Å². The van der Waals surface area contributed by atoms with E-state index in [1.807, 2.05) is 0 Å². The van der Waals surface area contributed by atoms with Gasteiger partial charge in [0.25, 0.3) is 0 Å². The van der Waals surface area contributed by atoms with Gasteiger partial charge in [0.05, 0.1) is 19.8 Å². The van der Waals surface area contributed by atoms with E-state index >= 15 is 0 Å². The number of rotatable bonds is 2. The first-order valence-corrected chi connectivity index (χ1v) is 12.6. The normalized spacial score (nSPS) is 47.2. The Morgan fingerprint density at radius 3 is 2.25 bits per heavy atom. The number of carbonyl (C=O) groups excluding carboxylic acids is 1. The number of hydrogen-bond donors (Lipinski definition) is 0. The summed E-state index contributed by atoms with van der Waals surface area (Å²) in [6.07, 6.45) is 8.84. The predicted molar refractivity (Wildman–Crippen MR) is 107 cm³/mol. The Kier molecular flexibility index (Phi) is 4.88. The average molecular weight is 452 g/mol. The van der Waals surface area contributed by atoms with Crippen LogP contribution in [0.2, 0.25) is 0 Å². The molecule has 0 amide bonds. The standard InChI is InChI=1S/C23H33NO8/c25-21-16-14(11-26-21)12-28-24(16)20-19-18(31-23(32-19)9-5-2-6-10-23)17(29-20)15-13-27-22(30-15)7-3-1-4-8-22/h14-20H,1-13H2/t14-,15+,16+,17+,18-,19-,20-/m1/s1. The van der Waals surface area contributed by atoms with Crippen molar-refractivity contribution >= 4 is 5.97 Å². The van der Waals surface area contributed by atoms with Crippen molar-refractivity contribution in [2.24, 2.45) is 5.92 Å². The monoisotopic (exact) mass is 451 g/mol. The predicted octanol–water partition coefficient (Wildman–Crippen LogP) is 2.02. The molecule has 2 aliphatic carbocycles. The molecular weight excluding hydrogens is 418 g/mol. The van der Waals surface area contributed by atoms with Gasteiger partial charge in [-0.3, -0.25) is 9.63 Å². The molecule has 0 aromatic heterocycles. The van der Waals surface area contributed by atoms with Crippen LogP contribution < -0.4 is 0 Å². The van der Waals surface area contributed by atoms with Gasteiger partial charge in [0, 0.05) is 31.6 Å². The molecule has 0 aromatic carbocycles. The molecule has 0 N–H and O–H groups in total. The number of nitrogens with zero attached hydrogens (tertiary/aromatic N) is 1. The van der Waals surface area contributed by atoms with Crippen molar-refractivity contribution in [2.75, 3.05) is 19.8 Å². The lowest BCUT2D eigenvalue weighted by Crippen LogP contribution is -2.49. The van der Waals surface area contributed by atoms with E-state index < -0.39 is 23.8 Å². The molecule has 178 valence electrons. The van der Waals surface area contributed by atoms with Gasteiger partial charge < -0.3 is 28.4 Å². The zero-order valence-electron chi connectivity index (χ0n) is 18.4. The highest BCUT2D eigenvalue weighted by Gasteiger charge is 2.65. The number of hydroxylamine groups is 2. The fourth-order valence-electron chi connectivity index (χ4n) is 6.87. The third kappa shape index (κ3) is 3.12. The highest BCUT2D eigenvalue weighted by atomic mass is 16.8. The molecule has 2 spiro atoms. The summed E-state index contributed by atoms with van der Waals surface area (Å²) in [7, 11) is 0. The second kappa shape index (κ2) is 7.60. The second-order valence-electron chi connectivity index (χ2n) is 10.6. The molecule has 9 nitrogen and oxygen atoms in total. The summed E-state index contributed by atoms with van der Waals surface area (Å²) in [6.45, 7) is 1.34. The molecule has 0 radical (unpaired) electrons. The van der Waals surface area contributed by atoms with Gasteiger partial charge >= 0.3 is 5.97 Å². The van der Waals surface area contributed by atoms with Gasteiger partial charge in [-0.2, -0.15) is 0 Å². The van der Waals surface area contributed by atoms with Gasteiger partial charge in [0.15, 0.2) is 17.8 Å². The van der Waals surface area contributed by atoms with Crippen LogP contribution in [-0.2, 0) is 38.1 Å². The first-order chi connectivity index (χ1) is 15.7. The van der Waals surface area contributed by atoms with Gasteiger partial charge in [0.1, 0.15) is 30.5 Å². The van der Waals surface area contributed by atoms with Gasteiger partial charge in [-0.25, -0.2) is 0 Å². The van der Waals surface area contributed by atoms with Crippen molar-refractivity contribution in [2.45, 2.75) is 112 Å².